The SMILES string of the molecule is C#Cc1ccc(Nc2ncnc3ccc4c(c23)OCCN4C(=O)/C=C/CN(C)C)cc1. The fourth-order valence-electron chi connectivity index (χ4n) is 3.39. The van der Waals surface area contributed by atoms with Crippen molar-refractivity contribution >= 4 is 34.0 Å². The molecule has 0 bridgehead atoms. The predicted molar refractivity (Wildman–Crippen MR) is 123 cm³/mol. The smallest absolute Gasteiger partial charge is 0.250 e. The maximum atomic E-state index is 12.8. The van der Waals surface area contributed by atoms with Crippen LogP contribution < -0.4 is 15.0 Å². The summed E-state index contributed by atoms with van der Waals surface area (Å²) in [6, 6.07) is 11.2. The van der Waals surface area contributed by atoms with Crippen LogP contribution in [0.5, 0.6) is 5.75 Å². The van der Waals surface area contributed by atoms with Crippen molar-refractivity contribution in [1.29, 1.82) is 0 Å². The molecule has 0 fully saturated rings. The number of nitrogens with one attached hydrogen (secondary N) is 1. The first-order valence-corrected chi connectivity index (χ1v) is 9.94. The molecule has 1 amide bonds. The third kappa shape index (κ3) is 4.34. The summed E-state index contributed by atoms with van der Waals surface area (Å²) in [6.07, 6.45) is 10.4. The van der Waals surface area contributed by atoms with E-state index in [0.717, 1.165) is 22.2 Å². The molecule has 1 aliphatic rings. The predicted octanol–water partition coefficient (Wildman–Crippen LogP) is 3.20. The molecule has 3 aromatic rings. The number of nitrogens with zero attached hydrogens (tertiary/aromatic N) is 4. The lowest BCUT2D eigenvalue weighted by molar-refractivity contribution is -0.114. The number of fused-ring (bicyclic) bond motifs is 3. The van der Waals surface area contributed by atoms with Crippen molar-refractivity contribution < 1.29 is 9.53 Å². The van der Waals surface area contributed by atoms with Crippen LogP contribution in [-0.2, 0) is 4.79 Å². The van der Waals surface area contributed by atoms with E-state index in [-0.39, 0.29) is 5.91 Å². The summed E-state index contributed by atoms with van der Waals surface area (Å²) in [6.45, 7) is 1.57. The molecular formula is C24H23N5O2. The lowest BCUT2D eigenvalue weighted by Gasteiger charge is -2.30. The third-order valence-corrected chi connectivity index (χ3v) is 4.90. The molecule has 7 nitrogen and oxygen atoms in total. The monoisotopic (exact) mass is 413 g/mol. The van der Waals surface area contributed by atoms with Crippen LogP contribution >= 0.6 is 0 Å². The fraction of sp³-hybridized carbons (Fsp3) is 0.208. The molecule has 31 heavy (non-hydrogen) atoms. The second-order valence-corrected chi connectivity index (χ2v) is 7.38. The van der Waals surface area contributed by atoms with Crippen LogP contribution in [0.1, 0.15) is 5.56 Å². The van der Waals surface area contributed by atoms with Gasteiger partial charge >= 0.3 is 0 Å². The number of anilines is 3. The molecule has 156 valence electrons. The van der Waals surface area contributed by atoms with Crippen molar-refractivity contribution in [1.82, 2.24) is 14.9 Å². The van der Waals surface area contributed by atoms with Gasteiger partial charge in [0.1, 0.15) is 18.8 Å². The van der Waals surface area contributed by atoms with E-state index in [1.54, 1.807) is 11.0 Å². The van der Waals surface area contributed by atoms with Crippen LogP contribution in [0.3, 0.4) is 0 Å². The van der Waals surface area contributed by atoms with Crippen molar-refractivity contribution in [3.05, 3.63) is 60.4 Å². The zero-order valence-electron chi connectivity index (χ0n) is 17.5. The summed E-state index contributed by atoms with van der Waals surface area (Å²) in [4.78, 5) is 25.3. The Kier molecular flexibility index (Phi) is 5.83. The van der Waals surface area contributed by atoms with Gasteiger partial charge in [-0.3, -0.25) is 4.79 Å². The first-order chi connectivity index (χ1) is 15.1. The van der Waals surface area contributed by atoms with Gasteiger partial charge in [0, 0.05) is 23.9 Å². The number of likely N-dealkylation sites (N-methyl/N-ethyl adjacent to an activating group) is 1. The fourth-order valence-corrected chi connectivity index (χ4v) is 3.39. The summed E-state index contributed by atoms with van der Waals surface area (Å²) >= 11 is 0. The Labute approximate surface area is 181 Å². The Bertz CT molecular complexity index is 1180. The highest BCUT2D eigenvalue weighted by atomic mass is 16.5. The van der Waals surface area contributed by atoms with E-state index < -0.39 is 0 Å². The van der Waals surface area contributed by atoms with Crippen LogP contribution in [0, 0.1) is 12.3 Å². The molecule has 2 aromatic carbocycles. The molecule has 0 saturated heterocycles. The van der Waals surface area contributed by atoms with Gasteiger partial charge in [-0.25, -0.2) is 9.97 Å². The lowest BCUT2D eigenvalue weighted by atomic mass is 10.1. The van der Waals surface area contributed by atoms with Crippen LogP contribution in [0.15, 0.2) is 54.9 Å². The van der Waals surface area contributed by atoms with Crippen LogP contribution in [0.4, 0.5) is 17.2 Å². The number of ether oxygens (including phenoxy) is 1. The molecular weight excluding hydrogens is 390 g/mol. The van der Waals surface area contributed by atoms with E-state index in [0.29, 0.717) is 37.0 Å². The van der Waals surface area contributed by atoms with Gasteiger partial charge in [-0.15, -0.1) is 6.42 Å². The second-order valence-electron chi connectivity index (χ2n) is 7.38. The number of hydrogen-bond donors (Lipinski definition) is 1. The van der Waals surface area contributed by atoms with Gasteiger partial charge < -0.3 is 19.9 Å². The highest BCUT2D eigenvalue weighted by Gasteiger charge is 2.26. The van der Waals surface area contributed by atoms with Crippen LogP contribution in [-0.4, -0.2) is 54.6 Å². The van der Waals surface area contributed by atoms with Crippen molar-refractivity contribution in [2.75, 3.05) is 44.0 Å². The minimum absolute atomic E-state index is 0.0815. The van der Waals surface area contributed by atoms with E-state index in [2.05, 4.69) is 21.2 Å². The molecule has 0 aliphatic carbocycles. The van der Waals surface area contributed by atoms with Gasteiger partial charge in [-0.2, -0.15) is 0 Å². The van der Waals surface area contributed by atoms with Crippen LogP contribution in [0.2, 0.25) is 0 Å². The third-order valence-electron chi connectivity index (χ3n) is 4.90. The highest BCUT2D eigenvalue weighted by Crippen LogP contribution is 2.41. The molecule has 4 rings (SSSR count). The topological polar surface area (TPSA) is 70.6 Å². The molecule has 1 N–H and O–H groups in total. The Balaban J connectivity index is 1.71. The van der Waals surface area contributed by atoms with Gasteiger partial charge in [0.2, 0.25) is 0 Å². The molecule has 1 aliphatic heterocycles. The molecule has 0 saturated carbocycles. The molecule has 0 atom stereocenters. The van der Waals surface area contributed by atoms with Crippen molar-refractivity contribution in [3.63, 3.8) is 0 Å². The van der Waals surface area contributed by atoms with Gasteiger partial charge in [0.25, 0.3) is 5.91 Å². The van der Waals surface area contributed by atoms with Crippen molar-refractivity contribution in [3.8, 4) is 18.1 Å². The Morgan fingerprint density at radius 2 is 2.06 bits per heavy atom. The van der Waals surface area contributed by atoms with Crippen LogP contribution in [0.25, 0.3) is 10.9 Å². The summed E-state index contributed by atoms with van der Waals surface area (Å²) in [7, 11) is 3.92. The molecule has 0 unspecified atom stereocenters. The summed E-state index contributed by atoms with van der Waals surface area (Å²) < 4.78 is 6.00. The zero-order chi connectivity index (χ0) is 21.8. The average Bonchev–Trinajstić information content (AvgIpc) is 2.78. The number of hydrogen-bond acceptors (Lipinski definition) is 6. The number of aromatic nitrogens is 2. The minimum Gasteiger partial charge on any atom is -0.489 e. The standard InChI is InChI=1S/C24H23N5O2/c1-4-17-7-9-18(10-8-17)27-24-22-19(25-16-26-24)11-12-20-23(22)31-15-14-29(20)21(30)6-5-13-28(2)3/h1,5-12,16H,13-15H2,2-3H3,(H,25,26,27)/b6-5+. The maximum Gasteiger partial charge on any atom is 0.250 e. The average molecular weight is 413 g/mol. The quantitative estimate of drug-likeness (QED) is 0.512. The Morgan fingerprint density at radius 3 is 2.81 bits per heavy atom. The molecule has 1 aromatic heterocycles. The summed E-state index contributed by atoms with van der Waals surface area (Å²) in [5, 5.41) is 4.05. The molecule has 0 radical (unpaired) electrons. The summed E-state index contributed by atoms with van der Waals surface area (Å²) in [5.74, 6) is 3.73. The normalized spacial score (nSPS) is 13.2. The number of carbonyl (C=O) groups is 1. The first kappa shape index (κ1) is 20.4. The number of terminal acetylenes is 1. The number of rotatable bonds is 5. The number of benzene rings is 2. The molecule has 2 heterocycles. The minimum atomic E-state index is -0.0815. The molecule has 0 spiro atoms. The van der Waals surface area contributed by atoms with E-state index in [1.807, 2.05) is 61.5 Å². The Hall–Kier alpha value is -3.89. The zero-order valence-corrected chi connectivity index (χ0v) is 17.5. The highest BCUT2D eigenvalue weighted by molar-refractivity contribution is 6.07. The van der Waals surface area contributed by atoms with Crippen molar-refractivity contribution in [2.45, 2.75) is 0 Å². The Morgan fingerprint density at radius 1 is 1.26 bits per heavy atom. The van der Waals surface area contributed by atoms with E-state index >= 15 is 0 Å². The van der Waals surface area contributed by atoms with E-state index in [9.17, 15) is 4.79 Å². The first-order valence-electron chi connectivity index (χ1n) is 9.94. The molecule has 7 heteroatoms. The maximum absolute atomic E-state index is 12.8. The largest absolute Gasteiger partial charge is 0.489 e. The van der Waals surface area contributed by atoms with Gasteiger partial charge in [0.15, 0.2) is 5.75 Å². The van der Waals surface area contributed by atoms with Gasteiger partial charge in [-0.1, -0.05) is 12.0 Å². The number of amides is 1. The number of carbonyl (C=O) groups excluding carboxylic acids is 1. The van der Waals surface area contributed by atoms with Gasteiger partial charge in [0.05, 0.1) is 23.1 Å². The van der Waals surface area contributed by atoms with E-state index in [1.165, 1.54) is 6.33 Å². The van der Waals surface area contributed by atoms with Crippen molar-refractivity contribution in [2.24, 2.45) is 0 Å². The van der Waals surface area contributed by atoms with E-state index in [4.69, 9.17) is 11.2 Å². The summed E-state index contributed by atoms with van der Waals surface area (Å²) in [5.41, 5.74) is 3.08. The van der Waals surface area contributed by atoms with Gasteiger partial charge in [-0.05, 0) is 50.5 Å². The second kappa shape index (κ2) is 8.86. The lowest BCUT2D eigenvalue weighted by Crippen LogP contribution is -2.37.